The Kier molecular flexibility index (Phi) is 4.24. The Hall–Kier alpha value is -1.51. The van der Waals surface area contributed by atoms with Crippen LogP contribution in [0.2, 0.25) is 5.02 Å². The molecule has 96 valence electrons. The molecule has 0 aromatic heterocycles. The van der Waals surface area contributed by atoms with Crippen molar-refractivity contribution in [3.63, 3.8) is 0 Å². The number of hydrogen-bond acceptors (Lipinski definition) is 4. The van der Waals surface area contributed by atoms with E-state index in [1.165, 1.54) is 12.5 Å². The highest BCUT2D eigenvalue weighted by atomic mass is 35.5. The second kappa shape index (κ2) is 5.89. The zero-order valence-electron chi connectivity index (χ0n) is 10.1. The summed E-state index contributed by atoms with van der Waals surface area (Å²) in [5.74, 6) is 1.26. The molecule has 0 heterocycles. The number of ether oxygens (including phenoxy) is 2. The van der Waals surface area contributed by atoms with E-state index in [1.807, 2.05) is 0 Å². The molecule has 4 nitrogen and oxygen atoms in total. The lowest BCUT2D eigenvalue weighted by molar-refractivity contribution is 0.116. The van der Waals surface area contributed by atoms with Gasteiger partial charge in [0.15, 0.2) is 11.5 Å². The predicted octanol–water partition coefficient (Wildman–Crippen LogP) is 3.12. The standard InChI is InChI=1S/C13H14ClNO3/c1-17-12-6-11(14)9(7-15-8-16)5-13(12)18-10-3-2-4-10/h5-6,10H,2-4,7H2,1H3. The van der Waals surface area contributed by atoms with E-state index in [4.69, 9.17) is 21.1 Å². The molecule has 0 aliphatic heterocycles. The number of isocyanates is 1. The van der Waals surface area contributed by atoms with Crippen molar-refractivity contribution in [1.29, 1.82) is 0 Å². The zero-order chi connectivity index (χ0) is 13.0. The highest BCUT2D eigenvalue weighted by molar-refractivity contribution is 6.31. The second-order valence-corrected chi connectivity index (χ2v) is 4.58. The summed E-state index contributed by atoms with van der Waals surface area (Å²) in [7, 11) is 1.57. The molecule has 1 aromatic rings. The van der Waals surface area contributed by atoms with Crippen molar-refractivity contribution in [2.75, 3.05) is 7.11 Å². The largest absolute Gasteiger partial charge is 0.493 e. The van der Waals surface area contributed by atoms with Crippen LogP contribution in [0.3, 0.4) is 0 Å². The number of halogens is 1. The van der Waals surface area contributed by atoms with E-state index in [-0.39, 0.29) is 12.6 Å². The van der Waals surface area contributed by atoms with E-state index in [0.717, 1.165) is 18.4 Å². The second-order valence-electron chi connectivity index (χ2n) is 4.17. The molecule has 0 bridgehead atoms. The van der Waals surface area contributed by atoms with Crippen LogP contribution in [0, 0.1) is 0 Å². The molecule has 0 spiro atoms. The third kappa shape index (κ3) is 2.84. The summed E-state index contributed by atoms with van der Waals surface area (Å²) in [5, 5.41) is 0.506. The maximum Gasteiger partial charge on any atom is 0.235 e. The fraction of sp³-hybridized carbons (Fsp3) is 0.462. The number of hydrogen-bond donors (Lipinski definition) is 0. The lowest BCUT2D eigenvalue weighted by atomic mass is 9.96. The van der Waals surface area contributed by atoms with Crippen LogP contribution in [-0.2, 0) is 11.3 Å². The van der Waals surface area contributed by atoms with Crippen molar-refractivity contribution in [2.45, 2.75) is 31.9 Å². The van der Waals surface area contributed by atoms with Crippen LogP contribution in [0.15, 0.2) is 17.1 Å². The molecule has 1 saturated carbocycles. The summed E-state index contributed by atoms with van der Waals surface area (Å²) in [4.78, 5) is 13.7. The summed E-state index contributed by atoms with van der Waals surface area (Å²) in [6.45, 7) is 0.202. The van der Waals surface area contributed by atoms with Crippen molar-refractivity contribution < 1.29 is 14.3 Å². The van der Waals surface area contributed by atoms with Crippen molar-refractivity contribution in [1.82, 2.24) is 0 Å². The Morgan fingerprint density at radius 1 is 1.44 bits per heavy atom. The number of benzene rings is 1. The van der Waals surface area contributed by atoms with Crippen LogP contribution in [0.25, 0.3) is 0 Å². The number of carbonyl (C=O) groups excluding carboxylic acids is 1. The Morgan fingerprint density at radius 2 is 2.22 bits per heavy atom. The van der Waals surface area contributed by atoms with Gasteiger partial charge in [-0.05, 0) is 30.9 Å². The average molecular weight is 268 g/mol. The van der Waals surface area contributed by atoms with E-state index in [1.54, 1.807) is 19.2 Å². The van der Waals surface area contributed by atoms with E-state index in [2.05, 4.69) is 4.99 Å². The quantitative estimate of drug-likeness (QED) is 0.608. The topological polar surface area (TPSA) is 47.9 Å². The molecular formula is C13H14ClNO3. The molecule has 1 aromatic carbocycles. The molecule has 0 unspecified atom stereocenters. The molecule has 0 atom stereocenters. The van der Waals surface area contributed by atoms with Crippen LogP contribution >= 0.6 is 11.6 Å². The first-order valence-corrected chi connectivity index (χ1v) is 6.19. The van der Waals surface area contributed by atoms with Crippen molar-refractivity contribution >= 4 is 17.7 Å². The van der Waals surface area contributed by atoms with Crippen LogP contribution < -0.4 is 9.47 Å². The van der Waals surface area contributed by atoms with Gasteiger partial charge in [0.25, 0.3) is 0 Å². The van der Waals surface area contributed by atoms with Gasteiger partial charge in [-0.15, -0.1) is 0 Å². The first-order chi connectivity index (χ1) is 8.74. The van der Waals surface area contributed by atoms with Gasteiger partial charge in [-0.3, -0.25) is 0 Å². The molecule has 18 heavy (non-hydrogen) atoms. The maximum atomic E-state index is 10.1. The van der Waals surface area contributed by atoms with Crippen LogP contribution in [0.1, 0.15) is 24.8 Å². The summed E-state index contributed by atoms with van der Waals surface area (Å²) >= 11 is 6.07. The molecule has 5 heteroatoms. The lowest BCUT2D eigenvalue weighted by Crippen LogP contribution is -2.24. The van der Waals surface area contributed by atoms with Crippen LogP contribution in [-0.4, -0.2) is 19.3 Å². The first-order valence-electron chi connectivity index (χ1n) is 5.81. The lowest BCUT2D eigenvalue weighted by Gasteiger charge is -2.27. The van der Waals surface area contributed by atoms with Gasteiger partial charge < -0.3 is 9.47 Å². The molecule has 2 rings (SSSR count). The molecule has 1 fully saturated rings. The average Bonchev–Trinajstić information content (AvgIpc) is 2.33. The minimum Gasteiger partial charge on any atom is -0.493 e. The normalized spacial score (nSPS) is 14.6. The summed E-state index contributed by atoms with van der Waals surface area (Å²) < 4.78 is 11.1. The fourth-order valence-electron chi connectivity index (χ4n) is 1.74. The van der Waals surface area contributed by atoms with E-state index in [0.29, 0.717) is 16.5 Å². The van der Waals surface area contributed by atoms with Crippen molar-refractivity contribution in [2.24, 2.45) is 4.99 Å². The van der Waals surface area contributed by atoms with Gasteiger partial charge in [0.2, 0.25) is 6.08 Å². The Morgan fingerprint density at radius 3 is 2.78 bits per heavy atom. The summed E-state index contributed by atoms with van der Waals surface area (Å²) in [6, 6.07) is 3.46. The molecule has 0 N–H and O–H groups in total. The first kappa shape index (κ1) is 12.9. The number of aliphatic imine (C=N–C) groups is 1. The molecule has 0 radical (unpaired) electrons. The predicted molar refractivity (Wildman–Crippen MR) is 68.1 cm³/mol. The van der Waals surface area contributed by atoms with Gasteiger partial charge in [0, 0.05) is 11.1 Å². The monoisotopic (exact) mass is 267 g/mol. The SMILES string of the molecule is COc1cc(Cl)c(CN=C=O)cc1OC1CCC1. The van der Waals surface area contributed by atoms with Gasteiger partial charge in [0.1, 0.15) is 0 Å². The highest BCUT2D eigenvalue weighted by Gasteiger charge is 2.21. The van der Waals surface area contributed by atoms with Crippen LogP contribution in [0.4, 0.5) is 0 Å². The summed E-state index contributed by atoms with van der Waals surface area (Å²) in [6.07, 6.45) is 5.07. The molecule has 0 amide bonds. The highest BCUT2D eigenvalue weighted by Crippen LogP contribution is 2.36. The van der Waals surface area contributed by atoms with Gasteiger partial charge in [-0.2, -0.15) is 0 Å². The third-order valence-corrected chi connectivity index (χ3v) is 3.34. The Balaban J connectivity index is 2.25. The Bertz CT molecular complexity index is 479. The van der Waals surface area contributed by atoms with Gasteiger partial charge in [-0.1, -0.05) is 11.6 Å². The number of methoxy groups -OCH3 is 1. The molecule has 1 aliphatic carbocycles. The third-order valence-electron chi connectivity index (χ3n) is 2.99. The minimum absolute atomic E-state index is 0.202. The zero-order valence-corrected chi connectivity index (χ0v) is 10.9. The minimum atomic E-state index is 0.202. The fourth-order valence-corrected chi connectivity index (χ4v) is 1.95. The van der Waals surface area contributed by atoms with Gasteiger partial charge in [-0.25, -0.2) is 9.79 Å². The Labute approximate surface area is 111 Å². The number of rotatable bonds is 5. The van der Waals surface area contributed by atoms with Crippen LogP contribution in [0.5, 0.6) is 11.5 Å². The van der Waals surface area contributed by atoms with E-state index >= 15 is 0 Å². The van der Waals surface area contributed by atoms with Crippen molar-refractivity contribution in [3.05, 3.63) is 22.7 Å². The summed E-state index contributed by atoms with van der Waals surface area (Å²) in [5.41, 5.74) is 0.732. The molecule has 0 saturated heterocycles. The molecule has 1 aliphatic rings. The van der Waals surface area contributed by atoms with E-state index < -0.39 is 0 Å². The number of nitrogens with zero attached hydrogens (tertiary/aromatic N) is 1. The van der Waals surface area contributed by atoms with Gasteiger partial charge in [0.05, 0.1) is 19.8 Å². The maximum absolute atomic E-state index is 10.1. The smallest absolute Gasteiger partial charge is 0.235 e. The van der Waals surface area contributed by atoms with E-state index in [9.17, 15) is 4.79 Å². The van der Waals surface area contributed by atoms with Gasteiger partial charge >= 0.3 is 0 Å². The molecular weight excluding hydrogens is 254 g/mol. The van der Waals surface area contributed by atoms with Crippen molar-refractivity contribution in [3.8, 4) is 11.5 Å².